The molecule has 1 saturated heterocycles. The van der Waals surface area contributed by atoms with Crippen LogP contribution in [0, 0.1) is 11.7 Å². The van der Waals surface area contributed by atoms with E-state index in [9.17, 15) is 14.3 Å². The Morgan fingerprint density at radius 3 is 2.65 bits per heavy atom. The minimum Gasteiger partial charge on any atom is -0.546 e. The number of benzene rings is 3. The number of nitrogens with zero attached hydrogens (tertiary/aromatic N) is 1. The van der Waals surface area contributed by atoms with Crippen LogP contribution in [0.3, 0.4) is 0 Å². The molecule has 3 aromatic carbocycles. The minimum absolute atomic E-state index is 0.00700. The first-order valence-electron chi connectivity index (χ1n) is 10.4. The van der Waals surface area contributed by atoms with Crippen LogP contribution in [0.15, 0.2) is 71.9 Å². The van der Waals surface area contributed by atoms with Crippen LogP contribution in [0.1, 0.15) is 23.5 Å². The van der Waals surface area contributed by atoms with Crippen LogP contribution in [-0.4, -0.2) is 31.4 Å². The third-order valence-electron chi connectivity index (χ3n) is 5.77. The molecule has 2 atom stereocenters. The van der Waals surface area contributed by atoms with Crippen molar-refractivity contribution >= 4 is 22.5 Å². The predicted octanol–water partition coefficient (Wildman–Crippen LogP) is 3.04. The smallest absolute Gasteiger partial charge is 0.156 e. The molecule has 4 rings (SSSR count). The molecule has 6 heteroatoms. The fraction of sp³-hybridized carbons (Fsp3) is 0.280. The molecular weight excluding hydrogens is 395 g/mol. The van der Waals surface area contributed by atoms with Gasteiger partial charge in [-0.3, -0.25) is 0 Å². The Morgan fingerprint density at radius 2 is 1.87 bits per heavy atom. The highest BCUT2D eigenvalue weighted by molar-refractivity contribution is 5.91. The van der Waals surface area contributed by atoms with Crippen molar-refractivity contribution in [3.63, 3.8) is 0 Å². The molecule has 2 unspecified atom stereocenters. The highest BCUT2D eigenvalue weighted by Crippen LogP contribution is 2.33. The first-order chi connectivity index (χ1) is 15.1. The molecule has 5 nitrogen and oxygen atoms in total. The first-order valence-corrected chi connectivity index (χ1v) is 10.4. The van der Waals surface area contributed by atoms with Crippen LogP contribution in [-0.2, 0) is 16.1 Å². The number of aliphatic carboxylic acids is 1. The summed E-state index contributed by atoms with van der Waals surface area (Å²) in [5.41, 5.74) is 2.87. The molecule has 1 heterocycles. The van der Waals surface area contributed by atoms with Gasteiger partial charge in [-0.1, -0.05) is 59.8 Å². The summed E-state index contributed by atoms with van der Waals surface area (Å²) in [6, 6.07) is 20.9. The lowest BCUT2D eigenvalue weighted by Crippen LogP contribution is -2.40. The summed E-state index contributed by atoms with van der Waals surface area (Å²) in [5, 5.41) is 20.8. The van der Waals surface area contributed by atoms with E-state index in [-0.39, 0.29) is 17.7 Å². The third-order valence-corrected chi connectivity index (χ3v) is 5.77. The standard InChI is InChI=1S/C25H25FN2O3/c26-21-9-7-19(8-10-21)22-11-12-27-15-23(22)24(28-31-16-25(29)30)14-17-5-6-18-3-1-2-4-20(18)13-17/h1-10,13,22-23,27H,11-12,14-16H2,(H,29,30)/p-1/b28-24-. The second-order valence-corrected chi connectivity index (χ2v) is 7.84. The predicted molar refractivity (Wildman–Crippen MR) is 116 cm³/mol. The number of rotatable bonds is 7. The van der Waals surface area contributed by atoms with Gasteiger partial charge in [0.05, 0.1) is 11.7 Å². The van der Waals surface area contributed by atoms with E-state index in [0.717, 1.165) is 40.6 Å². The van der Waals surface area contributed by atoms with Gasteiger partial charge < -0.3 is 20.1 Å². The van der Waals surface area contributed by atoms with Gasteiger partial charge in [-0.05, 0) is 52.9 Å². The molecule has 0 saturated carbocycles. The number of fused-ring (bicyclic) bond motifs is 1. The number of piperidine rings is 1. The fourth-order valence-corrected chi connectivity index (χ4v) is 4.27. The molecule has 0 spiro atoms. The van der Waals surface area contributed by atoms with Gasteiger partial charge in [-0.25, -0.2) is 4.39 Å². The van der Waals surface area contributed by atoms with Gasteiger partial charge >= 0.3 is 0 Å². The summed E-state index contributed by atoms with van der Waals surface area (Å²) >= 11 is 0. The Kier molecular flexibility index (Phi) is 6.57. The van der Waals surface area contributed by atoms with Crippen molar-refractivity contribution in [3.05, 3.63) is 83.7 Å². The van der Waals surface area contributed by atoms with E-state index in [1.807, 2.05) is 24.3 Å². The maximum atomic E-state index is 13.4. The summed E-state index contributed by atoms with van der Waals surface area (Å²) < 4.78 is 13.4. The Hall–Kier alpha value is -3.25. The SMILES string of the molecule is O=C([O-])CO/N=C(/Cc1ccc2ccccc2c1)C1CNCCC1c1ccc(F)cc1. The maximum absolute atomic E-state index is 13.4. The molecule has 1 fully saturated rings. The van der Waals surface area contributed by atoms with Crippen LogP contribution in [0.4, 0.5) is 4.39 Å². The van der Waals surface area contributed by atoms with E-state index in [2.05, 4.69) is 40.8 Å². The number of hydrogen-bond acceptors (Lipinski definition) is 5. The van der Waals surface area contributed by atoms with E-state index < -0.39 is 12.6 Å². The van der Waals surface area contributed by atoms with Crippen LogP contribution < -0.4 is 10.4 Å². The molecule has 3 aromatic rings. The lowest BCUT2D eigenvalue weighted by Gasteiger charge is -2.33. The van der Waals surface area contributed by atoms with Crippen molar-refractivity contribution in [1.29, 1.82) is 0 Å². The van der Waals surface area contributed by atoms with Gasteiger partial charge in [-0.2, -0.15) is 0 Å². The number of nitrogens with one attached hydrogen (secondary N) is 1. The molecule has 1 aliphatic heterocycles. The van der Waals surface area contributed by atoms with E-state index >= 15 is 0 Å². The average molecular weight is 419 g/mol. The molecule has 1 N–H and O–H groups in total. The lowest BCUT2D eigenvalue weighted by atomic mass is 9.77. The highest BCUT2D eigenvalue weighted by atomic mass is 19.1. The third kappa shape index (κ3) is 5.27. The van der Waals surface area contributed by atoms with Crippen molar-refractivity contribution in [2.75, 3.05) is 19.7 Å². The second-order valence-electron chi connectivity index (χ2n) is 7.84. The summed E-state index contributed by atoms with van der Waals surface area (Å²) in [7, 11) is 0. The molecule has 160 valence electrons. The van der Waals surface area contributed by atoms with E-state index in [1.165, 1.54) is 12.1 Å². The van der Waals surface area contributed by atoms with Gasteiger partial charge in [0.15, 0.2) is 6.61 Å². The van der Waals surface area contributed by atoms with Gasteiger partial charge in [-0.15, -0.1) is 0 Å². The van der Waals surface area contributed by atoms with E-state index in [4.69, 9.17) is 4.84 Å². The van der Waals surface area contributed by atoms with E-state index in [1.54, 1.807) is 0 Å². The number of carboxylic acids is 1. The topological polar surface area (TPSA) is 73.8 Å². The van der Waals surface area contributed by atoms with E-state index in [0.29, 0.717) is 13.0 Å². The zero-order chi connectivity index (χ0) is 21.6. The number of carbonyl (C=O) groups excluding carboxylic acids is 1. The van der Waals surface area contributed by atoms with Crippen molar-refractivity contribution in [2.45, 2.75) is 18.8 Å². The molecule has 0 amide bonds. The van der Waals surface area contributed by atoms with Crippen molar-refractivity contribution in [3.8, 4) is 0 Å². The number of halogens is 1. The Labute approximate surface area is 180 Å². The summed E-state index contributed by atoms with van der Waals surface area (Å²) in [6.45, 7) is 0.938. The van der Waals surface area contributed by atoms with Crippen LogP contribution in [0.5, 0.6) is 0 Å². The van der Waals surface area contributed by atoms with Crippen LogP contribution in [0.2, 0.25) is 0 Å². The monoisotopic (exact) mass is 419 g/mol. The van der Waals surface area contributed by atoms with Crippen molar-refractivity contribution < 1.29 is 19.1 Å². The minimum atomic E-state index is -1.31. The Balaban J connectivity index is 1.64. The van der Waals surface area contributed by atoms with Crippen molar-refractivity contribution in [1.82, 2.24) is 5.32 Å². The molecule has 1 aliphatic rings. The van der Waals surface area contributed by atoms with Gasteiger partial charge in [0.1, 0.15) is 5.82 Å². The molecule has 0 aliphatic carbocycles. The average Bonchev–Trinajstić information content (AvgIpc) is 2.79. The highest BCUT2D eigenvalue weighted by Gasteiger charge is 2.31. The quantitative estimate of drug-likeness (QED) is 0.472. The fourth-order valence-electron chi connectivity index (χ4n) is 4.27. The van der Waals surface area contributed by atoms with Crippen LogP contribution >= 0.6 is 0 Å². The van der Waals surface area contributed by atoms with Gasteiger partial charge in [0.25, 0.3) is 0 Å². The molecule has 0 bridgehead atoms. The summed E-state index contributed by atoms with van der Waals surface area (Å²) in [5.74, 6) is -1.46. The Morgan fingerprint density at radius 1 is 1.10 bits per heavy atom. The van der Waals surface area contributed by atoms with Gasteiger partial charge in [0.2, 0.25) is 0 Å². The van der Waals surface area contributed by atoms with Gasteiger partial charge in [0, 0.05) is 18.9 Å². The lowest BCUT2D eigenvalue weighted by molar-refractivity contribution is -0.309. The number of carbonyl (C=O) groups is 1. The Bertz CT molecular complexity index is 1080. The normalized spacial score (nSPS) is 19.3. The number of oxime groups is 1. The zero-order valence-electron chi connectivity index (χ0n) is 17.1. The molecule has 0 radical (unpaired) electrons. The molecule has 0 aromatic heterocycles. The van der Waals surface area contributed by atoms with Crippen LogP contribution in [0.25, 0.3) is 10.8 Å². The molecular formula is C25H24FN2O3-. The first kappa shape index (κ1) is 21.0. The maximum Gasteiger partial charge on any atom is 0.156 e. The number of carboxylic acid groups (broad SMARTS) is 1. The molecule has 31 heavy (non-hydrogen) atoms. The second kappa shape index (κ2) is 9.71. The summed E-state index contributed by atoms with van der Waals surface area (Å²) in [6.07, 6.45) is 1.40. The van der Waals surface area contributed by atoms with Crippen molar-refractivity contribution in [2.24, 2.45) is 11.1 Å². The largest absolute Gasteiger partial charge is 0.546 e. The zero-order valence-corrected chi connectivity index (χ0v) is 17.1. The summed E-state index contributed by atoms with van der Waals surface area (Å²) in [4.78, 5) is 15.9. The number of hydrogen-bond donors (Lipinski definition) is 1.